The molecule has 0 radical (unpaired) electrons. The van der Waals surface area contributed by atoms with E-state index >= 15 is 0 Å². The van der Waals surface area contributed by atoms with Gasteiger partial charge in [0.1, 0.15) is 5.75 Å². The molecule has 0 aliphatic carbocycles. The van der Waals surface area contributed by atoms with E-state index in [4.69, 9.17) is 16.3 Å². The van der Waals surface area contributed by atoms with Crippen LogP contribution in [0.4, 0.5) is 0 Å². The fourth-order valence-corrected chi connectivity index (χ4v) is 2.51. The summed E-state index contributed by atoms with van der Waals surface area (Å²) in [7, 11) is 0. The van der Waals surface area contributed by atoms with Gasteiger partial charge < -0.3 is 15.0 Å². The van der Waals surface area contributed by atoms with Gasteiger partial charge in [0.25, 0.3) is 5.91 Å². The molecule has 2 atom stereocenters. The minimum absolute atomic E-state index is 0.000111. The normalized spacial score (nSPS) is 23.2. The van der Waals surface area contributed by atoms with E-state index in [9.17, 15) is 4.79 Å². The zero-order chi connectivity index (χ0) is 13.8. The second kappa shape index (κ2) is 6.26. The lowest BCUT2D eigenvalue weighted by Gasteiger charge is -2.36. The first-order valence-electron chi connectivity index (χ1n) is 6.47. The van der Waals surface area contributed by atoms with Crippen molar-refractivity contribution in [2.75, 3.05) is 19.7 Å². The fourth-order valence-electron chi connectivity index (χ4n) is 2.32. The maximum absolute atomic E-state index is 12.1. The van der Waals surface area contributed by atoms with Gasteiger partial charge in [0.15, 0.2) is 6.61 Å². The van der Waals surface area contributed by atoms with Crippen molar-refractivity contribution >= 4 is 17.5 Å². The predicted molar refractivity (Wildman–Crippen MR) is 75.6 cm³/mol. The fraction of sp³-hybridized carbons (Fsp3) is 0.500. The molecule has 1 aliphatic heterocycles. The molecule has 0 aromatic heterocycles. The smallest absolute Gasteiger partial charge is 0.260 e. The number of nitrogens with zero attached hydrogens (tertiary/aromatic N) is 1. The Balaban J connectivity index is 1.89. The van der Waals surface area contributed by atoms with Gasteiger partial charge in [0.05, 0.1) is 5.02 Å². The van der Waals surface area contributed by atoms with Crippen molar-refractivity contribution in [1.29, 1.82) is 0 Å². The van der Waals surface area contributed by atoms with Crippen molar-refractivity contribution in [3.63, 3.8) is 0 Å². The zero-order valence-electron chi connectivity index (χ0n) is 11.2. The summed E-state index contributed by atoms with van der Waals surface area (Å²) >= 11 is 5.98. The Morgan fingerprint density at radius 2 is 2.00 bits per heavy atom. The second-order valence-corrected chi connectivity index (χ2v) is 5.39. The highest BCUT2D eigenvalue weighted by Gasteiger charge is 2.24. The molecule has 1 aromatic carbocycles. The number of ether oxygens (including phenoxy) is 1. The Kier molecular flexibility index (Phi) is 4.66. The molecule has 19 heavy (non-hydrogen) atoms. The van der Waals surface area contributed by atoms with E-state index in [-0.39, 0.29) is 12.5 Å². The van der Waals surface area contributed by atoms with Gasteiger partial charge in [-0.15, -0.1) is 0 Å². The Morgan fingerprint density at radius 1 is 1.37 bits per heavy atom. The number of halogens is 1. The molecule has 104 valence electrons. The van der Waals surface area contributed by atoms with Gasteiger partial charge in [-0.1, -0.05) is 23.7 Å². The molecule has 1 N–H and O–H groups in total. The van der Waals surface area contributed by atoms with Crippen molar-refractivity contribution < 1.29 is 9.53 Å². The van der Waals surface area contributed by atoms with Crippen LogP contribution in [0.15, 0.2) is 24.3 Å². The number of piperazine rings is 1. The van der Waals surface area contributed by atoms with Crippen LogP contribution < -0.4 is 10.1 Å². The van der Waals surface area contributed by atoms with Gasteiger partial charge in [0.2, 0.25) is 0 Å². The summed E-state index contributed by atoms with van der Waals surface area (Å²) in [6, 6.07) is 7.80. The van der Waals surface area contributed by atoms with Crippen LogP contribution in [-0.2, 0) is 4.79 Å². The van der Waals surface area contributed by atoms with Gasteiger partial charge in [-0.3, -0.25) is 4.79 Å². The minimum Gasteiger partial charge on any atom is -0.482 e. The number of nitrogens with one attached hydrogen (secondary N) is 1. The molecule has 0 saturated carbocycles. The highest BCUT2D eigenvalue weighted by molar-refractivity contribution is 6.32. The van der Waals surface area contributed by atoms with Crippen molar-refractivity contribution in [1.82, 2.24) is 10.2 Å². The van der Waals surface area contributed by atoms with Crippen LogP contribution in [0.2, 0.25) is 5.02 Å². The first-order chi connectivity index (χ1) is 9.06. The van der Waals surface area contributed by atoms with Crippen molar-refractivity contribution in [2.24, 2.45) is 0 Å². The predicted octanol–water partition coefficient (Wildman–Crippen LogP) is 1.93. The Morgan fingerprint density at radius 3 is 2.63 bits per heavy atom. The summed E-state index contributed by atoms with van der Waals surface area (Å²) in [5.74, 6) is 0.550. The molecule has 2 unspecified atom stereocenters. The van der Waals surface area contributed by atoms with Crippen LogP contribution in [0.25, 0.3) is 0 Å². The lowest BCUT2D eigenvalue weighted by Crippen LogP contribution is -2.56. The average molecular weight is 283 g/mol. The Labute approximate surface area is 118 Å². The van der Waals surface area contributed by atoms with Crippen LogP contribution in [0.5, 0.6) is 5.75 Å². The van der Waals surface area contributed by atoms with Gasteiger partial charge >= 0.3 is 0 Å². The van der Waals surface area contributed by atoms with Crippen molar-refractivity contribution in [2.45, 2.75) is 25.9 Å². The molecule has 1 amide bonds. The molecule has 1 aliphatic rings. The molecule has 4 nitrogen and oxygen atoms in total. The SMILES string of the molecule is CC1CN(C(=O)COc2ccccc2Cl)CC(C)N1. The molecular formula is C14H19ClN2O2. The van der Waals surface area contributed by atoms with Gasteiger partial charge in [-0.25, -0.2) is 0 Å². The largest absolute Gasteiger partial charge is 0.482 e. The van der Waals surface area contributed by atoms with E-state index in [2.05, 4.69) is 19.2 Å². The lowest BCUT2D eigenvalue weighted by atomic mass is 10.1. The third-order valence-electron chi connectivity index (χ3n) is 3.10. The highest BCUT2D eigenvalue weighted by Crippen LogP contribution is 2.23. The quantitative estimate of drug-likeness (QED) is 0.921. The topological polar surface area (TPSA) is 41.6 Å². The molecule has 0 bridgehead atoms. The average Bonchev–Trinajstić information content (AvgIpc) is 2.36. The minimum atomic E-state index is 0.000111. The van der Waals surface area contributed by atoms with Gasteiger partial charge in [-0.2, -0.15) is 0 Å². The van der Waals surface area contributed by atoms with E-state index in [1.807, 2.05) is 17.0 Å². The number of carbonyl (C=O) groups is 1. The van der Waals surface area contributed by atoms with Crippen LogP contribution in [0, 0.1) is 0 Å². The van der Waals surface area contributed by atoms with Gasteiger partial charge in [-0.05, 0) is 26.0 Å². The molecular weight excluding hydrogens is 264 g/mol. The van der Waals surface area contributed by atoms with E-state index < -0.39 is 0 Å². The maximum atomic E-state index is 12.1. The van der Waals surface area contributed by atoms with Crippen molar-refractivity contribution in [3.8, 4) is 5.75 Å². The third kappa shape index (κ3) is 3.85. The molecule has 0 spiro atoms. The highest BCUT2D eigenvalue weighted by atomic mass is 35.5. The van der Waals surface area contributed by atoms with Crippen LogP contribution in [0.3, 0.4) is 0 Å². The summed E-state index contributed by atoms with van der Waals surface area (Å²) in [4.78, 5) is 13.9. The van der Waals surface area contributed by atoms with E-state index in [1.54, 1.807) is 12.1 Å². The zero-order valence-corrected chi connectivity index (χ0v) is 12.0. The maximum Gasteiger partial charge on any atom is 0.260 e. The Bertz CT molecular complexity index is 443. The first kappa shape index (κ1) is 14.2. The molecule has 1 aromatic rings. The van der Waals surface area contributed by atoms with Gasteiger partial charge in [0, 0.05) is 25.2 Å². The van der Waals surface area contributed by atoms with E-state index in [0.717, 1.165) is 13.1 Å². The monoisotopic (exact) mass is 282 g/mol. The molecule has 1 fully saturated rings. The summed E-state index contributed by atoms with van der Waals surface area (Å²) in [5.41, 5.74) is 0. The summed E-state index contributed by atoms with van der Waals surface area (Å²) in [6.45, 7) is 5.61. The third-order valence-corrected chi connectivity index (χ3v) is 3.41. The Hall–Kier alpha value is -1.26. The first-order valence-corrected chi connectivity index (χ1v) is 6.85. The number of para-hydroxylation sites is 1. The number of hydrogen-bond acceptors (Lipinski definition) is 3. The van der Waals surface area contributed by atoms with E-state index in [1.165, 1.54) is 0 Å². The number of rotatable bonds is 3. The summed E-state index contributed by atoms with van der Waals surface area (Å²) < 4.78 is 5.48. The number of carbonyl (C=O) groups excluding carboxylic acids is 1. The second-order valence-electron chi connectivity index (χ2n) is 4.99. The molecule has 1 saturated heterocycles. The number of hydrogen-bond donors (Lipinski definition) is 1. The lowest BCUT2D eigenvalue weighted by molar-refractivity contribution is -0.135. The number of amides is 1. The molecule has 1 heterocycles. The van der Waals surface area contributed by atoms with Crippen LogP contribution >= 0.6 is 11.6 Å². The van der Waals surface area contributed by atoms with Crippen LogP contribution in [-0.4, -0.2) is 42.6 Å². The van der Waals surface area contributed by atoms with Crippen LogP contribution in [0.1, 0.15) is 13.8 Å². The standard InChI is InChI=1S/C14H19ClN2O2/c1-10-7-17(8-11(2)16-10)14(18)9-19-13-6-4-3-5-12(13)15/h3-6,10-11,16H,7-9H2,1-2H3. The molecule has 2 rings (SSSR count). The summed E-state index contributed by atoms with van der Waals surface area (Å²) in [6.07, 6.45) is 0. The van der Waals surface area contributed by atoms with E-state index in [0.29, 0.717) is 22.9 Å². The molecule has 5 heteroatoms. The summed E-state index contributed by atoms with van der Waals surface area (Å²) in [5, 5.41) is 3.92. The van der Waals surface area contributed by atoms with Crippen molar-refractivity contribution in [3.05, 3.63) is 29.3 Å². The number of benzene rings is 1.